The zero-order valence-corrected chi connectivity index (χ0v) is 12.2. The molecule has 2 rings (SSSR count). The van der Waals surface area contributed by atoms with Crippen molar-refractivity contribution in [2.75, 3.05) is 11.9 Å². The van der Waals surface area contributed by atoms with Gasteiger partial charge in [0.25, 0.3) is 0 Å². The third-order valence-corrected chi connectivity index (χ3v) is 3.42. The summed E-state index contributed by atoms with van der Waals surface area (Å²) in [6.45, 7) is 2.27. The van der Waals surface area contributed by atoms with Crippen LogP contribution in [0.25, 0.3) is 0 Å². The standard InChI is InChI=1S/C15H16BrFN2/c1-10-5-6-14(17)13(7-10)15(9-18)19-12-4-2-3-11(16)8-12/h2-8,15,19H,9,18H2,1H3. The minimum Gasteiger partial charge on any atom is -0.377 e. The molecule has 0 aliphatic carbocycles. The molecule has 0 aromatic heterocycles. The van der Waals surface area contributed by atoms with E-state index in [9.17, 15) is 4.39 Å². The number of anilines is 1. The molecule has 2 aromatic rings. The lowest BCUT2D eigenvalue weighted by atomic mass is 10.0. The van der Waals surface area contributed by atoms with Gasteiger partial charge in [-0.1, -0.05) is 39.7 Å². The van der Waals surface area contributed by atoms with Gasteiger partial charge in [0.05, 0.1) is 6.04 Å². The van der Waals surface area contributed by atoms with Crippen LogP contribution < -0.4 is 11.1 Å². The Bertz CT molecular complexity index is 572. The van der Waals surface area contributed by atoms with Gasteiger partial charge in [-0.25, -0.2) is 4.39 Å². The van der Waals surface area contributed by atoms with Crippen molar-refractivity contribution in [1.82, 2.24) is 0 Å². The van der Waals surface area contributed by atoms with Crippen LogP contribution in [0.15, 0.2) is 46.9 Å². The molecule has 2 aromatic carbocycles. The number of nitrogens with two attached hydrogens (primary N) is 1. The van der Waals surface area contributed by atoms with Gasteiger partial charge >= 0.3 is 0 Å². The first-order valence-electron chi connectivity index (χ1n) is 6.08. The number of aryl methyl sites for hydroxylation is 1. The first-order valence-corrected chi connectivity index (χ1v) is 6.87. The van der Waals surface area contributed by atoms with Gasteiger partial charge < -0.3 is 11.1 Å². The molecule has 1 atom stereocenters. The summed E-state index contributed by atoms with van der Waals surface area (Å²) < 4.78 is 14.9. The highest BCUT2D eigenvalue weighted by molar-refractivity contribution is 9.10. The molecule has 0 fully saturated rings. The Balaban J connectivity index is 2.27. The van der Waals surface area contributed by atoms with Gasteiger partial charge in [0.1, 0.15) is 5.82 Å². The van der Waals surface area contributed by atoms with E-state index in [1.165, 1.54) is 6.07 Å². The largest absolute Gasteiger partial charge is 0.377 e. The zero-order chi connectivity index (χ0) is 13.8. The number of hydrogen-bond acceptors (Lipinski definition) is 2. The molecule has 3 N–H and O–H groups in total. The van der Waals surface area contributed by atoms with E-state index in [4.69, 9.17) is 5.73 Å². The Morgan fingerprint density at radius 2 is 2.05 bits per heavy atom. The van der Waals surface area contributed by atoms with Crippen LogP contribution in [0.2, 0.25) is 0 Å². The van der Waals surface area contributed by atoms with E-state index < -0.39 is 0 Å². The molecule has 0 spiro atoms. The lowest BCUT2D eigenvalue weighted by Gasteiger charge is -2.20. The lowest BCUT2D eigenvalue weighted by Crippen LogP contribution is -2.21. The van der Waals surface area contributed by atoms with Crippen molar-refractivity contribution in [2.45, 2.75) is 13.0 Å². The van der Waals surface area contributed by atoms with Gasteiger partial charge in [-0.05, 0) is 31.2 Å². The number of halogens is 2. The highest BCUT2D eigenvalue weighted by atomic mass is 79.9. The Labute approximate surface area is 121 Å². The molecular formula is C15H16BrFN2. The van der Waals surface area contributed by atoms with E-state index in [-0.39, 0.29) is 11.9 Å². The number of hydrogen-bond donors (Lipinski definition) is 2. The fraction of sp³-hybridized carbons (Fsp3) is 0.200. The molecule has 2 nitrogen and oxygen atoms in total. The molecule has 4 heteroatoms. The van der Waals surface area contributed by atoms with Crippen molar-refractivity contribution in [3.8, 4) is 0 Å². The van der Waals surface area contributed by atoms with Gasteiger partial charge in [0.2, 0.25) is 0 Å². The molecule has 0 amide bonds. The van der Waals surface area contributed by atoms with Crippen LogP contribution in [0.5, 0.6) is 0 Å². The second kappa shape index (κ2) is 6.17. The van der Waals surface area contributed by atoms with E-state index in [1.54, 1.807) is 6.07 Å². The molecule has 1 unspecified atom stereocenters. The summed E-state index contributed by atoms with van der Waals surface area (Å²) in [5.41, 5.74) is 8.30. The third-order valence-electron chi connectivity index (χ3n) is 2.93. The quantitative estimate of drug-likeness (QED) is 0.892. The maximum absolute atomic E-state index is 13.9. The maximum atomic E-state index is 13.9. The Kier molecular flexibility index (Phi) is 4.56. The summed E-state index contributed by atoms with van der Waals surface area (Å²) in [6, 6.07) is 12.6. The first-order chi connectivity index (χ1) is 9.10. The summed E-state index contributed by atoms with van der Waals surface area (Å²) in [5.74, 6) is -0.233. The molecule has 0 saturated heterocycles. The van der Waals surface area contributed by atoms with Gasteiger partial charge in [-0.15, -0.1) is 0 Å². The lowest BCUT2D eigenvalue weighted by molar-refractivity contribution is 0.593. The van der Waals surface area contributed by atoms with Crippen molar-refractivity contribution >= 4 is 21.6 Å². The van der Waals surface area contributed by atoms with Crippen LogP contribution in [0.3, 0.4) is 0 Å². The van der Waals surface area contributed by atoms with Crippen LogP contribution in [0, 0.1) is 12.7 Å². The molecule has 100 valence electrons. The monoisotopic (exact) mass is 322 g/mol. The van der Waals surface area contributed by atoms with E-state index in [2.05, 4.69) is 21.2 Å². The van der Waals surface area contributed by atoms with Crippen molar-refractivity contribution in [2.24, 2.45) is 5.73 Å². The van der Waals surface area contributed by atoms with Gasteiger partial charge in [-0.3, -0.25) is 0 Å². The Morgan fingerprint density at radius 3 is 2.74 bits per heavy atom. The molecule has 0 radical (unpaired) electrons. The summed E-state index contributed by atoms with van der Waals surface area (Å²) in [7, 11) is 0. The van der Waals surface area contributed by atoms with E-state index >= 15 is 0 Å². The predicted octanol–water partition coefficient (Wildman–Crippen LogP) is 4.01. The Morgan fingerprint density at radius 1 is 1.26 bits per heavy atom. The van der Waals surface area contributed by atoms with Crippen molar-refractivity contribution in [1.29, 1.82) is 0 Å². The van der Waals surface area contributed by atoms with Crippen LogP contribution in [-0.2, 0) is 0 Å². The second-order valence-corrected chi connectivity index (χ2v) is 5.38. The van der Waals surface area contributed by atoms with Crippen molar-refractivity contribution in [3.05, 3.63) is 63.9 Å². The van der Waals surface area contributed by atoms with Crippen molar-refractivity contribution < 1.29 is 4.39 Å². The van der Waals surface area contributed by atoms with Crippen LogP contribution in [0.4, 0.5) is 10.1 Å². The minimum absolute atomic E-state index is 0.233. The van der Waals surface area contributed by atoms with Crippen LogP contribution in [0.1, 0.15) is 17.2 Å². The van der Waals surface area contributed by atoms with E-state index in [0.29, 0.717) is 12.1 Å². The normalized spacial score (nSPS) is 12.2. The maximum Gasteiger partial charge on any atom is 0.128 e. The fourth-order valence-corrected chi connectivity index (χ4v) is 2.37. The summed E-state index contributed by atoms with van der Waals surface area (Å²) in [4.78, 5) is 0. The van der Waals surface area contributed by atoms with E-state index in [0.717, 1.165) is 15.7 Å². The molecule has 0 aliphatic heterocycles. The summed E-state index contributed by atoms with van der Waals surface area (Å²) in [5, 5.41) is 3.26. The first kappa shape index (κ1) is 14.0. The number of benzene rings is 2. The molecule has 0 aliphatic rings. The number of nitrogens with one attached hydrogen (secondary N) is 1. The molecule has 0 bridgehead atoms. The smallest absolute Gasteiger partial charge is 0.128 e. The van der Waals surface area contributed by atoms with Crippen molar-refractivity contribution in [3.63, 3.8) is 0 Å². The van der Waals surface area contributed by atoms with Gasteiger partial charge in [0.15, 0.2) is 0 Å². The SMILES string of the molecule is Cc1ccc(F)c(C(CN)Nc2cccc(Br)c2)c1. The molecule has 0 saturated carbocycles. The van der Waals surface area contributed by atoms with E-state index in [1.807, 2.05) is 37.3 Å². The highest BCUT2D eigenvalue weighted by Gasteiger charge is 2.14. The average Bonchev–Trinajstić information content (AvgIpc) is 2.39. The van der Waals surface area contributed by atoms with Crippen LogP contribution in [-0.4, -0.2) is 6.54 Å². The second-order valence-electron chi connectivity index (χ2n) is 4.47. The van der Waals surface area contributed by atoms with Gasteiger partial charge in [-0.2, -0.15) is 0 Å². The molecule has 19 heavy (non-hydrogen) atoms. The minimum atomic E-state index is -0.241. The summed E-state index contributed by atoms with van der Waals surface area (Å²) >= 11 is 3.41. The average molecular weight is 323 g/mol. The molecular weight excluding hydrogens is 307 g/mol. The zero-order valence-electron chi connectivity index (χ0n) is 10.7. The fourth-order valence-electron chi connectivity index (χ4n) is 1.97. The topological polar surface area (TPSA) is 38.0 Å². The van der Waals surface area contributed by atoms with Crippen LogP contribution >= 0.6 is 15.9 Å². The Hall–Kier alpha value is -1.39. The van der Waals surface area contributed by atoms with Gasteiger partial charge in [0, 0.05) is 22.3 Å². The third kappa shape index (κ3) is 3.55. The highest BCUT2D eigenvalue weighted by Crippen LogP contribution is 2.24. The predicted molar refractivity (Wildman–Crippen MR) is 80.7 cm³/mol. The number of rotatable bonds is 4. The molecule has 0 heterocycles. The summed E-state index contributed by atoms with van der Waals surface area (Å²) in [6.07, 6.45) is 0.